The lowest BCUT2D eigenvalue weighted by molar-refractivity contribution is 0.470. The van der Waals surface area contributed by atoms with Gasteiger partial charge in [0, 0.05) is 10.8 Å². The van der Waals surface area contributed by atoms with Gasteiger partial charge < -0.3 is 0 Å². The van der Waals surface area contributed by atoms with Crippen LogP contribution in [0.25, 0.3) is 27.6 Å². The van der Waals surface area contributed by atoms with E-state index in [-0.39, 0.29) is 5.41 Å². The first kappa shape index (κ1) is 13.3. The van der Waals surface area contributed by atoms with Crippen LogP contribution in [0.3, 0.4) is 0 Å². The van der Waals surface area contributed by atoms with Crippen LogP contribution in [0.5, 0.6) is 0 Å². The Hall–Kier alpha value is -2.42. The zero-order valence-electron chi connectivity index (χ0n) is 13.2. The molecule has 0 fully saturated rings. The first-order valence-electron chi connectivity index (χ1n) is 7.78. The summed E-state index contributed by atoms with van der Waals surface area (Å²) < 4.78 is 2.24. The largest absolute Gasteiger partial charge is 0.279 e. The molecule has 3 heteroatoms. The average molecular weight is 289 g/mol. The van der Waals surface area contributed by atoms with Gasteiger partial charge in [-0.05, 0) is 30.7 Å². The fourth-order valence-electron chi connectivity index (χ4n) is 2.96. The summed E-state index contributed by atoms with van der Waals surface area (Å²) in [4.78, 5) is 9.87. The molecule has 0 saturated heterocycles. The lowest BCUT2D eigenvalue weighted by Crippen LogP contribution is -2.22. The Kier molecular flexibility index (Phi) is 2.73. The van der Waals surface area contributed by atoms with Crippen molar-refractivity contribution in [1.82, 2.24) is 14.4 Å². The number of hydrogen-bond donors (Lipinski definition) is 0. The minimum Gasteiger partial charge on any atom is -0.279 e. The van der Waals surface area contributed by atoms with Crippen LogP contribution < -0.4 is 0 Å². The molecule has 2 heterocycles. The van der Waals surface area contributed by atoms with Crippen LogP contribution in [-0.4, -0.2) is 14.4 Å². The zero-order valence-corrected chi connectivity index (χ0v) is 13.2. The maximum absolute atomic E-state index is 4.99. The summed E-state index contributed by atoms with van der Waals surface area (Å²) in [6, 6.07) is 16.6. The van der Waals surface area contributed by atoms with Crippen molar-refractivity contribution >= 4 is 27.6 Å². The standard InChI is InChI=1S/C19H19N3/c1-4-19(2,3)18-21-14-10-6-5-9-13(14)17-20-15-11-7-8-12-16(15)22(17)18/h5-12H,4H2,1-3H3. The van der Waals surface area contributed by atoms with Crippen molar-refractivity contribution in [3.63, 3.8) is 0 Å². The number of aromatic nitrogens is 3. The molecule has 0 aliphatic carbocycles. The van der Waals surface area contributed by atoms with Crippen LogP contribution in [0.2, 0.25) is 0 Å². The summed E-state index contributed by atoms with van der Waals surface area (Å²) in [6.07, 6.45) is 1.03. The van der Waals surface area contributed by atoms with Gasteiger partial charge in [0.15, 0.2) is 0 Å². The molecule has 110 valence electrons. The molecule has 0 radical (unpaired) electrons. The number of nitrogens with zero attached hydrogens (tertiary/aromatic N) is 3. The molecule has 2 aromatic carbocycles. The highest BCUT2D eigenvalue weighted by Gasteiger charge is 2.25. The predicted molar refractivity (Wildman–Crippen MR) is 91.3 cm³/mol. The molecule has 0 bridgehead atoms. The van der Waals surface area contributed by atoms with E-state index in [0.29, 0.717) is 0 Å². The summed E-state index contributed by atoms with van der Waals surface area (Å²) in [5.41, 5.74) is 4.16. The molecule has 0 aliphatic rings. The molecule has 0 saturated carbocycles. The van der Waals surface area contributed by atoms with Gasteiger partial charge in [0.25, 0.3) is 0 Å². The highest BCUT2D eigenvalue weighted by atomic mass is 15.1. The monoisotopic (exact) mass is 289 g/mol. The first-order chi connectivity index (χ1) is 10.6. The van der Waals surface area contributed by atoms with Crippen molar-refractivity contribution in [2.45, 2.75) is 32.6 Å². The van der Waals surface area contributed by atoms with Crippen molar-refractivity contribution in [2.24, 2.45) is 0 Å². The van der Waals surface area contributed by atoms with Crippen molar-refractivity contribution < 1.29 is 0 Å². The highest BCUT2D eigenvalue weighted by molar-refractivity contribution is 5.96. The maximum Gasteiger partial charge on any atom is 0.148 e. The Morgan fingerprint density at radius 2 is 1.59 bits per heavy atom. The van der Waals surface area contributed by atoms with Gasteiger partial charge in [-0.25, -0.2) is 9.97 Å². The molecule has 0 unspecified atom stereocenters. The van der Waals surface area contributed by atoms with E-state index in [2.05, 4.69) is 55.5 Å². The fraction of sp³-hybridized carbons (Fsp3) is 0.263. The average Bonchev–Trinajstić information content (AvgIpc) is 2.93. The normalized spacial score (nSPS) is 12.5. The van der Waals surface area contributed by atoms with Crippen molar-refractivity contribution in [1.29, 1.82) is 0 Å². The van der Waals surface area contributed by atoms with Crippen molar-refractivity contribution in [3.05, 3.63) is 54.4 Å². The predicted octanol–water partition coefficient (Wildman–Crippen LogP) is 4.72. The first-order valence-corrected chi connectivity index (χ1v) is 7.78. The molecule has 4 aromatic rings. The van der Waals surface area contributed by atoms with Crippen LogP contribution >= 0.6 is 0 Å². The summed E-state index contributed by atoms with van der Waals surface area (Å²) in [6.45, 7) is 6.71. The Labute approximate surface area is 129 Å². The second-order valence-electron chi connectivity index (χ2n) is 6.45. The molecule has 0 spiro atoms. The lowest BCUT2D eigenvalue weighted by Gasteiger charge is -2.24. The van der Waals surface area contributed by atoms with Crippen molar-refractivity contribution in [3.8, 4) is 0 Å². The van der Waals surface area contributed by atoms with E-state index >= 15 is 0 Å². The number of para-hydroxylation sites is 3. The molecule has 0 amide bonds. The Morgan fingerprint density at radius 3 is 2.36 bits per heavy atom. The maximum atomic E-state index is 4.99. The lowest BCUT2D eigenvalue weighted by atomic mass is 9.89. The molecule has 22 heavy (non-hydrogen) atoms. The van der Waals surface area contributed by atoms with Gasteiger partial charge in [0.2, 0.25) is 0 Å². The Morgan fingerprint density at radius 1 is 0.909 bits per heavy atom. The highest BCUT2D eigenvalue weighted by Crippen LogP contribution is 2.31. The second-order valence-corrected chi connectivity index (χ2v) is 6.45. The summed E-state index contributed by atoms with van der Waals surface area (Å²) in [5, 5.41) is 1.11. The van der Waals surface area contributed by atoms with Gasteiger partial charge in [-0.15, -0.1) is 0 Å². The number of benzene rings is 2. The van der Waals surface area contributed by atoms with Crippen LogP contribution in [0.4, 0.5) is 0 Å². The summed E-state index contributed by atoms with van der Waals surface area (Å²) >= 11 is 0. The van der Waals surface area contributed by atoms with Gasteiger partial charge in [0.1, 0.15) is 11.5 Å². The third-order valence-corrected chi connectivity index (χ3v) is 4.63. The van der Waals surface area contributed by atoms with E-state index < -0.39 is 0 Å². The number of hydrogen-bond acceptors (Lipinski definition) is 2. The molecule has 0 aliphatic heterocycles. The fourth-order valence-corrected chi connectivity index (χ4v) is 2.96. The molecular formula is C19H19N3. The molecule has 2 aromatic heterocycles. The van der Waals surface area contributed by atoms with Gasteiger partial charge in [0.05, 0.1) is 16.6 Å². The minimum atomic E-state index is -0.00818. The van der Waals surface area contributed by atoms with Gasteiger partial charge in [-0.3, -0.25) is 4.40 Å². The second kappa shape index (κ2) is 4.54. The van der Waals surface area contributed by atoms with Crippen LogP contribution in [-0.2, 0) is 5.41 Å². The molecule has 3 nitrogen and oxygen atoms in total. The van der Waals surface area contributed by atoms with Crippen LogP contribution in [0.15, 0.2) is 48.5 Å². The number of fused-ring (bicyclic) bond motifs is 5. The van der Waals surface area contributed by atoms with E-state index in [0.717, 1.165) is 39.8 Å². The third kappa shape index (κ3) is 1.75. The van der Waals surface area contributed by atoms with Crippen molar-refractivity contribution in [2.75, 3.05) is 0 Å². The van der Waals surface area contributed by atoms with E-state index in [1.165, 1.54) is 0 Å². The van der Waals surface area contributed by atoms with Gasteiger partial charge >= 0.3 is 0 Å². The smallest absolute Gasteiger partial charge is 0.148 e. The minimum absolute atomic E-state index is 0.00818. The molecule has 4 rings (SSSR count). The van der Waals surface area contributed by atoms with Crippen LogP contribution in [0.1, 0.15) is 33.0 Å². The van der Waals surface area contributed by atoms with E-state index in [1.807, 2.05) is 18.2 Å². The Bertz CT molecular complexity index is 996. The van der Waals surface area contributed by atoms with E-state index in [4.69, 9.17) is 9.97 Å². The van der Waals surface area contributed by atoms with E-state index in [1.54, 1.807) is 0 Å². The SMILES string of the molecule is CCC(C)(C)c1nc2ccccc2c2nc3ccccc3n12. The number of rotatable bonds is 2. The van der Waals surface area contributed by atoms with Gasteiger partial charge in [-0.2, -0.15) is 0 Å². The van der Waals surface area contributed by atoms with Gasteiger partial charge in [-0.1, -0.05) is 45.0 Å². The quantitative estimate of drug-likeness (QED) is 0.534. The Balaban J connectivity index is 2.29. The summed E-state index contributed by atoms with van der Waals surface area (Å²) in [5.74, 6) is 1.08. The van der Waals surface area contributed by atoms with Crippen LogP contribution in [0, 0.1) is 0 Å². The third-order valence-electron chi connectivity index (χ3n) is 4.63. The molecule has 0 atom stereocenters. The summed E-state index contributed by atoms with van der Waals surface area (Å²) in [7, 11) is 0. The topological polar surface area (TPSA) is 30.2 Å². The number of imidazole rings is 1. The molecular weight excluding hydrogens is 270 g/mol. The van der Waals surface area contributed by atoms with E-state index in [9.17, 15) is 0 Å². The molecule has 0 N–H and O–H groups in total. The zero-order chi connectivity index (χ0) is 15.3.